The van der Waals surface area contributed by atoms with Crippen molar-refractivity contribution in [1.82, 2.24) is 4.90 Å². The minimum Gasteiger partial charge on any atom is -0.379 e. The van der Waals surface area contributed by atoms with Crippen LogP contribution in [0.3, 0.4) is 0 Å². The first-order valence-electron chi connectivity index (χ1n) is 5.92. The predicted molar refractivity (Wildman–Crippen MR) is 63.9 cm³/mol. The second-order valence-corrected chi connectivity index (χ2v) is 5.57. The monoisotopic (exact) mass is 214 g/mol. The molecule has 0 amide bonds. The van der Waals surface area contributed by atoms with Gasteiger partial charge in [0.1, 0.15) is 0 Å². The van der Waals surface area contributed by atoms with Crippen molar-refractivity contribution in [1.29, 1.82) is 0 Å². The fraction of sp³-hybridized carbons (Fsp3) is 1.00. The van der Waals surface area contributed by atoms with Gasteiger partial charge in [0.15, 0.2) is 0 Å². The van der Waals surface area contributed by atoms with E-state index in [0.717, 1.165) is 18.9 Å². The Morgan fingerprint density at radius 2 is 2.00 bits per heavy atom. The molecule has 0 aromatic rings. The summed E-state index contributed by atoms with van der Waals surface area (Å²) in [6, 6.07) is 0.471. The van der Waals surface area contributed by atoms with Gasteiger partial charge in [-0.1, -0.05) is 0 Å². The Morgan fingerprint density at radius 1 is 1.40 bits per heavy atom. The van der Waals surface area contributed by atoms with Gasteiger partial charge in [-0.15, -0.1) is 0 Å². The molecule has 0 saturated heterocycles. The molecule has 1 aliphatic carbocycles. The predicted octanol–water partition coefficient (Wildman–Crippen LogP) is 1.47. The molecule has 0 bridgehead atoms. The molecule has 90 valence electrons. The van der Waals surface area contributed by atoms with Gasteiger partial charge in [-0.3, -0.25) is 0 Å². The van der Waals surface area contributed by atoms with Crippen LogP contribution in [-0.2, 0) is 4.74 Å². The van der Waals surface area contributed by atoms with E-state index in [0.29, 0.717) is 6.04 Å². The number of nitrogens with zero attached hydrogens (tertiary/aromatic N) is 1. The van der Waals surface area contributed by atoms with Crippen LogP contribution >= 0.6 is 0 Å². The molecule has 0 radical (unpaired) electrons. The second kappa shape index (κ2) is 5.28. The van der Waals surface area contributed by atoms with Crippen LogP contribution in [0.15, 0.2) is 0 Å². The summed E-state index contributed by atoms with van der Waals surface area (Å²) in [6.45, 7) is 6.57. The summed E-state index contributed by atoms with van der Waals surface area (Å²) in [5, 5.41) is 0. The van der Waals surface area contributed by atoms with Gasteiger partial charge in [0, 0.05) is 26.2 Å². The van der Waals surface area contributed by atoms with Gasteiger partial charge in [-0.2, -0.15) is 0 Å². The molecule has 0 aliphatic heterocycles. The van der Waals surface area contributed by atoms with Crippen molar-refractivity contribution < 1.29 is 4.74 Å². The Bertz CT molecular complexity index is 188. The first-order chi connectivity index (χ1) is 6.93. The van der Waals surface area contributed by atoms with Crippen LogP contribution < -0.4 is 5.73 Å². The number of nitrogens with two attached hydrogens (primary N) is 1. The summed E-state index contributed by atoms with van der Waals surface area (Å²) < 4.78 is 5.40. The summed E-state index contributed by atoms with van der Waals surface area (Å²) in [4.78, 5) is 2.40. The molecule has 0 aromatic carbocycles. The first kappa shape index (κ1) is 12.9. The lowest BCUT2D eigenvalue weighted by Crippen LogP contribution is -2.42. The van der Waals surface area contributed by atoms with Gasteiger partial charge < -0.3 is 15.4 Å². The number of rotatable bonds is 6. The maximum Gasteiger partial charge on any atom is 0.0634 e. The molecule has 1 fully saturated rings. The zero-order chi connectivity index (χ0) is 11.5. The van der Waals surface area contributed by atoms with Crippen LogP contribution in [-0.4, -0.2) is 43.8 Å². The van der Waals surface area contributed by atoms with Crippen LogP contribution in [0.5, 0.6) is 0 Å². The van der Waals surface area contributed by atoms with E-state index in [-0.39, 0.29) is 5.60 Å². The Morgan fingerprint density at radius 3 is 2.47 bits per heavy atom. The molecule has 1 aliphatic rings. The highest BCUT2D eigenvalue weighted by atomic mass is 16.5. The van der Waals surface area contributed by atoms with Crippen molar-refractivity contribution >= 4 is 0 Å². The topological polar surface area (TPSA) is 38.5 Å². The normalized spacial score (nSPS) is 26.8. The Kier molecular flexibility index (Phi) is 4.56. The quantitative estimate of drug-likeness (QED) is 0.727. The van der Waals surface area contributed by atoms with Crippen LogP contribution in [0.1, 0.15) is 33.1 Å². The van der Waals surface area contributed by atoms with E-state index in [1.807, 2.05) is 0 Å². The lowest BCUT2D eigenvalue weighted by Gasteiger charge is -2.36. The van der Waals surface area contributed by atoms with Crippen molar-refractivity contribution in [2.75, 3.05) is 27.2 Å². The molecule has 0 spiro atoms. The summed E-state index contributed by atoms with van der Waals surface area (Å²) in [6.07, 6.45) is 3.49. The summed E-state index contributed by atoms with van der Waals surface area (Å²) in [7, 11) is 3.97. The molecule has 2 N–H and O–H groups in total. The van der Waals surface area contributed by atoms with Gasteiger partial charge in [0.2, 0.25) is 0 Å². The molecule has 1 rings (SSSR count). The van der Waals surface area contributed by atoms with Gasteiger partial charge in [0.25, 0.3) is 0 Å². The average Bonchev–Trinajstić information content (AvgIpc) is 2.13. The molecule has 3 nitrogen and oxygen atoms in total. The van der Waals surface area contributed by atoms with Crippen molar-refractivity contribution in [2.45, 2.75) is 44.8 Å². The number of ether oxygens (including phenoxy) is 1. The van der Waals surface area contributed by atoms with E-state index in [1.165, 1.54) is 19.4 Å². The Labute approximate surface area is 94.0 Å². The number of hydrogen-bond acceptors (Lipinski definition) is 3. The van der Waals surface area contributed by atoms with Crippen molar-refractivity contribution in [3.05, 3.63) is 0 Å². The number of methoxy groups -OCH3 is 1. The van der Waals surface area contributed by atoms with E-state index >= 15 is 0 Å². The smallest absolute Gasteiger partial charge is 0.0634 e. The third kappa shape index (κ3) is 4.49. The lowest BCUT2D eigenvalue weighted by molar-refractivity contribution is 0.00720. The minimum atomic E-state index is 0.00424. The average molecular weight is 214 g/mol. The molecule has 0 unspecified atom stereocenters. The van der Waals surface area contributed by atoms with Crippen molar-refractivity contribution in [3.63, 3.8) is 0 Å². The van der Waals surface area contributed by atoms with Gasteiger partial charge >= 0.3 is 0 Å². The molecular formula is C12H26N2O. The highest BCUT2D eigenvalue weighted by Gasteiger charge is 2.27. The zero-order valence-corrected chi connectivity index (χ0v) is 10.6. The Balaban J connectivity index is 2.11. The molecule has 3 heteroatoms. The fourth-order valence-corrected chi connectivity index (χ4v) is 2.03. The van der Waals surface area contributed by atoms with Crippen molar-refractivity contribution in [2.24, 2.45) is 11.7 Å². The van der Waals surface area contributed by atoms with Gasteiger partial charge in [-0.25, -0.2) is 0 Å². The standard InChI is InChI=1S/C12H26N2O/c1-12(2,15-4)5-6-14(3)9-10-7-11(13)8-10/h10-11H,5-9,13H2,1-4H3. The van der Waals surface area contributed by atoms with E-state index in [1.54, 1.807) is 7.11 Å². The third-order valence-electron chi connectivity index (χ3n) is 3.49. The van der Waals surface area contributed by atoms with E-state index in [2.05, 4.69) is 25.8 Å². The SMILES string of the molecule is COC(C)(C)CCN(C)CC1CC(N)C1. The molecule has 0 atom stereocenters. The van der Waals surface area contributed by atoms with Crippen molar-refractivity contribution in [3.8, 4) is 0 Å². The maximum absolute atomic E-state index is 5.77. The third-order valence-corrected chi connectivity index (χ3v) is 3.49. The largest absolute Gasteiger partial charge is 0.379 e. The minimum absolute atomic E-state index is 0.00424. The van der Waals surface area contributed by atoms with E-state index < -0.39 is 0 Å². The van der Waals surface area contributed by atoms with Crippen LogP contribution in [0.4, 0.5) is 0 Å². The molecule has 0 heterocycles. The second-order valence-electron chi connectivity index (χ2n) is 5.57. The zero-order valence-electron chi connectivity index (χ0n) is 10.6. The van der Waals surface area contributed by atoms with Crippen LogP contribution in [0, 0.1) is 5.92 Å². The van der Waals surface area contributed by atoms with Gasteiger partial charge in [0.05, 0.1) is 5.60 Å². The molecular weight excluding hydrogens is 188 g/mol. The van der Waals surface area contributed by atoms with Crippen LogP contribution in [0.25, 0.3) is 0 Å². The summed E-state index contributed by atoms with van der Waals surface area (Å²) in [5.41, 5.74) is 5.78. The highest BCUT2D eigenvalue weighted by molar-refractivity contribution is 4.84. The number of hydrogen-bond donors (Lipinski definition) is 1. The first-order valence-corrected chi connectivity index (χ1v) is 5.92. The molecule has 0 aromatic heterocycles. The Hall–Kier alpha value is -0.120. The molecule has 1 saturated carbocycles. The van der Waals surface area contributed by atoms with E-state index in [9.17, 15) is 0 Å². The fourth-order valence-electron chi connectivity index (χ4n) is 2.03. The summed E-state index contributed by atoms with van der Waals surface area (Å²) >= 11 is 0. The maximum atomic E-state index is 5.77. The van der Waals surface area contributed by atoms with Crippen LogP contribution in [0.2, 0.25) is 0 Å². The summed E-state index contributed by atoms with van der Waals surface area (Å²) in [5.74, 6) is 0.829. The lowest BCUT2D eigenvalue weighted by atomic mass is 9.80. The molecule has 15 heavy (non-hydrogen) atoms. The highest BCUT2D eigenvalue weighted by Crippen LogP contribution is 2.26. The van der Waals surface area contributed by atoms with Gasteiger partial charge in [-0.05, 0) is 46.1 Å². The van der Waals surface area contributed by atoms with E-state index in [4.69, 9.17) is 10.5 Å².